The Labute approximate surface area is 135 Å². The first-order valence-electron chi connectivity index (χ1n) is 7.14. The highest BCUT2D eigenvalue weighted by atomic mass is 16.6. The van der Waals surface area contributed by atoms with E-state index in [0.29, 0.717) is 23.5 Å². The third-order valence-corrected chi connectivity index (χ3v) is 2.98. The van der Waals surface area contributed by atoms with Gasteiger partial charge in [-0.05, 0) is 30.2 Å². The number of ether oxygens (including phenoxy) is 3. The maximum atomic E-state index is 11.7. The third-order valence-electron chi connectivity index (χ3n) is 2.98. The predicted molar refractivity (Wildman–Crippen MR) is 83.8 cm³/mol. The van der Waals surface area contributed by atoms with Gasteiger partial charge in [0, 0.05) is 6.42 Å². The Balaban J connectivity index is 3.00. The lowest BCUT2D eigenvalue weighted by Gasteiger charge is -2.10. The Morgan fingerprint density at radius 2 is 2.00 bits per heavy atom. The topological polar surface area (TPSA) is 85.6 Å². The van der Waals surface area contributed by atoms with E-state index in [1.807, 2.05) is 6.92 Å². The van der Waals surface area contributed by atoms with Crippen LogP contribution in [0.4, 0.5) is 0 Å². The van der Waals surface area contributed by atoms with Crippen molar-refractivity contribution in [1.82, 2.24) is 0 Å². The number of rotatable bonds is 7. The molecule has 0 unspecified atom stereocenters. The minimum absolute atomic E-state index is 0.137. The average molecular weight is 317 g/mol. The van der Waals surface area contributed by atoms with Gasteiger partial charge in [0.25, 0.3) is 0 Å². The Kier molecular flexibility index (Phi) is 7.34. The molecule has 6 heteroatoms. The SMILES string of the molecule is CCCCC(=O)Oc1ccc(C=C(C#N)C(=O)OC)cc1OC. The summed E-state index contributed by atoms with van der Waals surface area (Å²) in [6.07, 6.45) is 3.37. The summed E-state index contributed by atoms with van der Waals surface area (Å²) in [7, 11) is 2.64. The van der Waals surface area contributed by atoms with E-state index in [-0.39, 0.29) is 11.5 Å². The maximum absolute atomic E-state index is 11.7. The Hall–Kier alpha value is -2.81. The number of benzene rings is 1. The molecule has 6 nitrogen and oxygen atoms in total. The second-order valence-corrected chi connectivity index (χ2v) is 4.65. The number of methoxy groups -OCH3 is 2. The van der Waals surface area contributed by atoms with E-state index in [2.05, 4.69) is 4.74 Å². The maximum Gasteiger partial charge on any atom is 0.348 e. The van der Waals surface area contributed by atoms with Gasteiger partial charge in [0.15, 0.2) is 11.5 Å². The highest BCUT2D eigenvalue weighted by molar-refractivity contribution is 5.97. The minimum Gasteiger partial charge on any atom is -0.493 e. The van der Waals surface area contributed by atoms with E-state index < -0.39 is 5.97 Å². The van der Waals surface area contributed by atoms with E-state index in [1.165, 1.54) is 20.3 Å². The molecular weight excluding hydrogens is 298 g/mol. The lowest BCUT2D eigenvalue weighted by Crippen LogP contribution is -2.08. The van der Waals surface area contributed by atoms with Crippen LogP contribution < -0.4 is 9.47 Å². The van der Waals surface area contributed by atoms with Crippen LogP contribution >= 0.6 is 0 Å². The van der Waals surface area contributed by atoms with E-state index in [9.17, 15) is 9.59 Å². The molecule has 0 aromatic heterocycles. The van der Waals surface area contributed by atoms with Gasteiger partial charge in [-0.15, -0.1) is 0 Å². The van der Waals surface area contributed by atoms with Crippen molar-refractivity contribution in [2.75, 3.05) is 14.2 Å². The second kappa shape index (κ2) is 9.26. The lowest BCUT2D eigenvalue weighted by molar-refractivity contribution is -0.136. The van der Waals surface area contributed by atoms with Crippen molar-refractivity contribution in [2.45, 2.75) is 26.2 Å². The van der Waals surface area contributed by atoms with Gasteiger partial charge in [-0.25, -0.2) is 4.79 Å². The summed E-state index contributed by atoms with van der Waals surface area (Å²) in [6.45, 7) is 1.99. The van der Waals surface area contributed by atoms with E-state index in [4.69, 9.17) is 14.7 Å². The first-order chi connectivity index (χ1) is 11.0. The van der Waals surface area contributed by atoms with Gasteiger partial charge >= 0.3 is 11.9 Å². The van der Waals surface area contributed by atoms with Crippen LogP contribution in [-0.4, -0.2) is 26.2 Å². The van der Waals surface area contributed by atoms with Gasteiger partial charge in [-0.2, -0.15) is 5.26 Å². The molecule has 0 saturated carbocycles. The highest BCUT2D eigenvalue weighted by Gasteiger charge is 2.12. The van der Waals surface area contributed by atoms with Gasteiger partial charge in [0.1, 0.15) is 11.6 Å². The summed E-state index contributed by atoms with van der Waals surface area (Å²) in [5.41, 5.74) is 0.416. The number of carbonyl (C=O) groups is 2. The second-order valence-electron chi connectivity index (χ2n) is 4.65. The number of nitriles is 1. The fourth-order valence-corrected chi connectivity index (χ4v) is 1.77. The predicted octanol–water partition coefficient (Wildman–Crippen LogP) is 2.87. The Morgan fingerprint density at radius 1 is 1.26 bits per heavy atom. The molecule has 0 saturated heterocycles. The van der Waals surface area contributed by atoms with Crippen LogP contribution in [0.3, 0.4) is 0 Å². The summed E-state index contributed by atoms with van der Waals surface area (Å²) >= 11 is 0. The number of carbonyl (C=O) groups excluding carboxylic acids is 2. The molecule has 0 spiro atoms. The molecular formula is C17H19NO5. The molecule has 1 aromatic rings. The van der Waals surface area contributed by atoms with Crippen LogP contribution in [0.2, 0.25) is 0 Å². The summed E-state index contributed by atoms with van der Waals surface area (Å²) < 4.78 is 15.0. The molecule has 0 aliphatic heterocycles. The zero-order valence-corrected chi connectivity index (χ0v) is 13.4. The normalized spacial score (nSPS) is 10.6. The number of hydrogen-bond acceptors (Lipinski definition) is 6. The Bertz CT molecular complexity index is 643. The van der Waals surface area contributed by atoms with Crippen molar-refractivity contribution < 1.29 is 23.8 Å². The van der Waals surface area contributed by atoms with Crippen molar-refractivity contribution in [3.8, 4) is 17.6 Å². The zero-order chi connectivity index (χ0) is 17.2. The van der Waals surface area contributed by atoms with Crippen LogP contribution in [0.1, 0.15) is 31.7 Å². The molecule has 0 aliphatic rings. The standard InChI is InChI=1S/C17H19NO5/c1-4-5-6-16(19)23-14-8-7-12(10-15(14)21-2)9-13(11-18)17(20)22-3/h7-10H,4-6H2,1-3H3. The summed E-state index contributed by atoms with van der Waals surface area (Å²) in [4.78, 5) is 23.1. The molecule has 0 N–H and O–H groups in total. The third kappa shape index (κ3) is 5.47. The van der Waals surface area contributed by atoms with Crippen molar-refractivity contribution >= 4 is 18.0 Å². The van der Waals surface area contributed by atoms with Crippen molar-refractivity contribution in [3.05, 3.63) is 29.3 Å². The summed E-state index contributed by atoms with van der Waals surface area (Å²) in [6, 6.07) is 6.51. The molecule has 0 heterocycles. The minimum atomic E-state index is -0.721. The average Bonchev–Trinajstić information content (AvgIpc) is 2.58. The largest absolute Gasteiger partial charge is 0.493 e. The van der Waals surface area contributed by atoms with Gasteiger partial charge in [0.2, 0.25) is 0 Å². The molecule has 0 bridgehead atoms. The fraction of sp³-hybridized carbons (Fsp3) is 0.353. The van der Waals surface area contributed by atoms with E-state index >= 15 is 0 Å². The molecule has 0 amide bonds. The molecule has 0 atom stereocenters. The number of unbranched alkanes of at least 4 members (excludes halogenated alkanes) is 1. The molecule has 0 aliphatic carbocycles. The van der Waals surface area contributed by atoms with Crippen molar-refractivity contribution in [2.24, 2.45) is 0 Å². The summed E-state index contributed by atoms with van der Waals surface area (Å²) in [5.74, 6) is -0.421. The lowest BCUT2D eigenvalue weighted by atomic mass is 10.1. The van der Waals surface area contributed by atoms with Gasteiger partial charge in [0.05, 0.1) is 14.2 Å². The van der Waals surface area contributed by atoms with Gasteiger partial charge in [-0.3, -0.25) is 4.79 Å². The van der Waals surface area contributed by atoms with Crippen LogP contribution in [0.5, 0.6) is 11.5 Å². The fourth-order valence-electron chi connectivity index (χ4n) is 1.77. The smallest absolute Gasteiger partial charge is 0.348 e. The Morgan fingerprint density at radius 3 is 2.57 bits per heavy atom. The van der Waals surface area contributed by atoms with Crippen LogP contribution in [0.25, 0.3) is 6.08 Å². The monoisotopic (exact) mass is 317 g/mol. The number of hydrogen-bond donors (Lipinski definition) is 0. The highest BCUT2D eigenvalue weighted by Crippen LogP contribution is 2.29. The van der Waals surface area contributed by atoms with E-state index in [1.54, 1.807) is 24.3 Å². The van der Waals surface area contributed by atoms with Crippen LogP contribution in [0.15, 0.2) is 23.8 Å². The summed E-state index contributed by atoms with van der Waals surface area (Å²) in [5, 5.41) is 8.95. The molecule has 1 aromatic carbocycles. The molecule has 0 radical (unpaired) electrons. The molecule has 122 valence electrons. The van der Waals surface area contributed by atoms with Crippen LogP contribution in [-0.2, 0) is 14.3 Å². The zero-order valence-electron chi connectivity index (χ0n) is 13.4. The molecule has 0 fully saturated rings. The molecule has 23 heavy (non-hydrogen) atoms. The van der Waals surface area contributed by atoms with E-state index in [0.717, 1.165) is 12.8 Å². The quantitative estimate of drug-likeness (QED) is 0.333. The van der Waals surface area contributed by atoms with Gasteiger partial charge < -0.3 is 14.2 Å². The van der Waals surface area contributed by atoms with Crippen molar-refractivity contribution in [1.29, 1.82) is 5.26 Å². The van der Waals surface area contributed by atoms with Crippen LogP contribution in [0, 0.1) is 11.3 Å². The van der Waals surface area contributed by atoms with Gasteiger partial charge in [-0.1, -0.05) is 19.4 Å². The first kappa shape index (κ1) is 18.2. The number of esters is 2. The first-order valence-corrected chi connectivity index (χ1v) is 7.14. The number of nitrogens with zero attached hydrogens (tertiary/aromatic N) is 1. The van der Waals surface area contributed by atoms with Crippen molar-refractivity contribution in [3.63, 3.8) is 0 Å². The molecule has 1 rings (SSSR count).